The number of nitrogens with one attached hydrogen (secondary N) is 1. The Hall–Kier alpha value is -2.93. The highest BCUT2D eigenvalue weighted by Gasteiger charge is 2.25. The summed E-state index contributed by atoms with van der Waals surface area (Å²) in [7, 11) is 0. The van der Waals surface area contributed by atoms with Gasteiger partial charge in [-0.1, -0.05) is 36.9 Å². The Kier molecular flexibility index (Phi) is 5.49. The minimum absolute atomic E-state index is 0.0986. The maximum absolute atomic E-state index is 13.3. The van der Waals surface area contributed by atoms with Crippen molar-refractivity contribution in [2.45, 2.75) is 44.1 Å². The second-order valence-corrected chi connectivity index (χ2v) is 8.30. The minimum atomic E-state index is -0.280. The number of thioether (sulfide) groups is 1. The number of hydrogen-bond acceptors (Lipinski definition) is 5. The van der Waals surface area contributed by atoms with Crippen LogP contribution >= 0.6 is 11.8 Å². The second kappa shape index (κ2) is 8.21. The number of rotatable bonds is 7. The summed E-state index contributed by atoms with van der Waals surface area (Å²) < 4.78 is 2.09. The van der Waals surface area contributed by atoms with Crippen molar-refractivity contribution < 1.29 is 4.79 Å². The first-order chi connectivity index (χ1) is 14.1. The largest absolute Gasteiger partial charge is 0.358 e. The fourth-order valence-electron chi connectivity index (χ4n) is 3.52. The molecule has 4 aromatic rings. The minimum Gasteiger partial charge on any atom is -0.358 e. The number of pyridine rings is 1. The van der Waals surface area contributed by atoms with Gasteiger partial charge in [0.15, 0.2) is 16.8 Å². The van der Waals surface area contributed by atoms with Crippen molar-refractivity contribution in [3.63, 3.8) is 0 Å². The van der Waals surface area contributed by atoms with Gasteiger partial charge in [-0.15, -0.1) is 10.2 Å². The zero-order valence-electron chi connectivity index (χ0n) is 16.7. The number of H-pyrrole nitrogens is 1. The van der Waals surface area contributed by atoms with E-state index in [1.165, 1.54) is 11.8 Å². The fraction of sp³-hybridized carbons (Fsp3) is 0.273. The lowest BCUT2D eigenvalue weighted by molar-refractivity contribution is 0.0995. The van der Waals surface area contributed by atoms with Crippen LogP contribution in [0.3, 0.4) is 0 Å². The van der Waals surface area contributed by atoms with Crippen LogP contribution in [0.2, 0.25) is 0 Å². The van der Waals surface area contributed by atoms with Crippen molar-refractivity contribution in [3.05, 3.63) is 60.0 Å². The first-order valence-electron chi connectivity index (χ1n) is 9.72. The normalized spacial score (nSPS) is 12.4. The molecule has 1 aromatic carbocycles. The van der Waals surface area contributed by atoms with E-state index in [0.717, 1.165) is 51.7 Å². The van der Waals surface area contributed by atoms with E-state index in [2.05, 4.69) is 31.7 Å². The molecule has 0 fully saturated rings. The molecule has 1 N–H and O–H groups in total. The van der Waals surface area contributed by atoms with Crippen molar-refractivity contribution in [1.29, 1.82) is 0 Å². The number of aromatic nitrogens is 5. The summed E-state index contributed by atoms with van der Waals surface area (Å²) in [6.07, 6.45) is 4.45. The summed E-state index contributed by atoms with van der Waals surface area (Å²) in [6, 6.07) is 11.8. The molecule has 0 aliphatic rings. The van der Waals surface area contributed by atoms with Crippen LogP contribution in [0.5, 0.6) is 0 Å². The Morgan fingerprint density at radius 1 is 1.17 bits per heavy atom. The third kappa shape index (κ3) is 3.70. The van der Waals surface area contributed by atoms with Gasteiger partial charge in [0.1, 0.15) is 0 Å². The molecule has 4 rings (SSSR count). The van der Waals surface area contributed by atoms with E-state index in [1.54, 1.807) is 12.4 Å². The number of ketones is 1. The smallest absolute Gasteiger partial charge is 0.192 e. The molecule has 0 saturated carbocycles. The van der Waals surface area contributed by atoms with E-state index in [4.69, 9.17) is 0 Å². The fourth-order valence-corrected chi connectivity index (χ4v) is 4.46. The van der Waals surface area contributed by atoms with Crippen molar-refractivity contribution in [1.82, 2.24) is 24.7 Å². The third-order valence-corrected chi connectivity index (χ3v) is 5.97. The molecular weight excluding hydrogens is 382 g/mol. The maximum atomic E-state index is 13.3. The highest BCUT2D eigenvalue weighted by atomic mass is 32.2. The lowest BCUT2D eigenvalue weighted by atomic mass is 10.1. The van der Waals surface area contributed by atoms with Gasteiger partial charge in [-0.2, -0.15) is 0 Å². The first kappa shape index (κ1) is 19.4. The van der Waals surface area contributed by atoms with Crippen LogP contribution in [0, 0.1) is 6.92 Å². The predicted octanol–water partition coefficient (Wildman–Crippen LogP) is 4.90. The molecule has 0 saturated heterocycles. The molecule has 6 nitrogen and oxygen atoms in total. The van der Waals surface area contributed by atoms with Crippen molar-refractivity contribution in [2.24, 2.45) is 0 Å². The average molecular weight is 406 g/mol. The molecule has 0 aliphatic heterocycles. The summed E-state index contributed by atoms with van der Waals surface area (Å²) in [5.74, 6) is 0.904. The van der Waals surface area contributed by atoms with Gasteiger partial charge in [-0.3, -0.25) is 9.78 Å². The van der Waals surface area contributed by atoms with Gasteiger partial charge in [-0.05, 0) is 38.5 Å². The molecule has 0 spiro atoms. The van der Waals surface area contributed by atoms with Gasteiger partial charge < -0.3 is 9.55 Å². The molecule has 1 atom stereocenters. The van der Waals surface area contributed by atoms with E-state index < -0.39 is 0 Å². The van der Waals surface area contributed by atoms with Crippen LogP contribution < -0.4 is 0 Å². The standard InChI is InChI=1S/C22H23N5OS/c1-4-13-27-21(16-9-11-23-12-10-16)25-26-22(27)29-15(3)20(28)19-14(2)24-18-8-6-5-7-17(18)19/h5-12,15,24H,4,13H2,1-3H3. The summed E-state index contributed by atoms with van der Waals surface area (Å²) in [6.45, 7) is 6.80. The Bertz CT molecular complexity index is 1150. The summed E-state index contributed by atoms with van der Waals surface area (Å²) in [5.41, 5.74) is 3.62. The first-order valence-corrected chi connectivity index (χ1v) is 10.6. The molecule has 3 heterocycles. The monoisotopic (exact) mass is 405 g/mol. The summed E-state index contributed by atoms with van der Waals surface area (Å²) >= 11 is 1.46. The Morgan fingerprint density at radius 3 is 2.69 bits per heavy atom. The predicted molar refractivity (Wildman–Crippen MR) is 116 cm³/mol. The summed E-state index contributed by atoms with van der Waals surface area (Å²) in [5, 5.41) is 10.2. The molecule has 7 heteroatoms. The second-order valence-electron chi connectivity index (χ2n) is 6.99. The molecule has 0 bridgehead atoms. The Labute approximate surface area is 173 Å². The zero-order chi connectivity index (χ0) is 20.4. The summed E-state index contributed by atoms with van der Waals surface area (Å²) in [4.78, 5) is 20.7. The molecule has 148 valence electrons. The molecule has 0 radical (unpaired) electrons. The molecule has 0 aliphatic carbocycles. The Balaban J connectivity index is 1.64. The molecule has 1 unspecified atom stereocenters. The van der Waals surface area contributed by atoms with E-state index in [1.807, 2.05) is 50.2 Å². The quantitative estimate of drug-likeness (QED) is 0.349. The zero-order valence-corrected chi connectivity index (χ0v) is 17.5. The molecular formula is C22H23N5OS. The van der Waals surface area contributed by atoms with Crippen LogP contribution in [-0.4, -0.2) is 35.8 Å². The number of nitrogens with zero attached hydrogens (tertiary/aromatic N) is 4. The van der Waals surface area contributed by atoms with Gasteiger partial charge in [0.2, 0.25) is 0 Å². The van der Waals surface area contributed by atoms with Crippen LogP contribution in [-0.2, 0) is 6.54 Å². The third-order valence-electron chi connectivity index (χ3n) is 4.89. The number of hydrogen-bond donors (Lipinski definition) is 1. The molecule has 29 heavy (non-hydrogen) atoms. The van der Waals surface area contributed by atoms with Crippen LogP contribution in [0.4, 0.5) is 0 Å². The van der Waals surface area contributed by atoms with E-state index in [0.29, 0.717) is 0 Å². The number of fused-ring (bicyclic) bond motifs is 1. The number of carbonyl (C=O) groups excluding carboxylic acids is 1. The molecule has 0 amide bonds. The number of carbonyl (C=O) groups is 1. The van der Waals surface area contributed by atoms with Crippen LogP contribution in [0.15, 0.2) is 53.9 Å². The lowest BCUT2D eigenvalue weighted by Gasteiger charge is -2.12. The van der Waals surface area contributed by atoms with Gasteiger partial charge in [0.05, 0.1) is 5.25 Å². The van der Waals surface area contributed by atoms with Gasteiger partial charge in [0.25, 0.3) is 0 Å². The van der Waals surface area contributed by atoms with Gasteiger partial charge >= 0.3 is 0 Å². The number of aryl methyl sites for hydroxylation is 1. The number of benzene rings is 1. The van der Waals surface area contributed by atoms with Crippen molar-refractivity contribution in [3.8, 4) is 11.4 Å². The van der Waals surface area contributed by atoms with Gasteiger partial charge in [-0.25, -0.2) is 0 Å². The lowest BCUT2D eigenvalue weighted by Crippen LogP contribution is -2.15. The maximum Gasteiger partial charge on any atom is 0.192 e. The van der Waals surface area contributed by atoms with Crippen molar-refractivity contribution in [2.75, 3.05) is 0 Å². The van der Waals surface area contributed by atoms with Crippen LogP contribution in [0.1, 0.15) is 36.3 Å². The van der Waals surface area contributed by atoms with E-state index in [-0.39, 0.29) is 11.0 Å². The number of aromatic amines is 1. The Morgan fingerprint density at radius 2 is 1.93 bits per heavy atom. The van der Waals surface area contributed by atoms with Crippen molar-refractivity contribution >= 4 is 28.4 Å². The molecule has 3 aromatic heterocycles. The van der Waals surface area contributed by atoms with Crippen LogP contribution in [0.25, 0.3) is 22.3 Å². The average Bonchev–Trinajstić information content (AvgIpc) is 3.28. The highest BCUT2D eigenvalue weighted by molar-refractivity contribution is 8.00. The number of Topliss-reactive ketones (excluding diaryl/α,β-unsaturated/α-hetero) is 1. The topological polar surface area (TPSA) is 76.5 Å². The van der Waals surface area contributed by atoms with E-state index in [9.17, 15) is 4.79 Å². The van der Waals surface area contributed by atoms with Gasteiger partial charge in [0, 0.05) is 46.7 Å². The SMILES string of the molecule is CCCn1c(SC(C)C(=O)c2c(C)[nH]c3ccccc23)nnc1-c1ccncc1. The van der Waals surface area contributed by atoms with E-state index >= 15 is 0 Å². The highest BCUT2D eigenvalue weighted by Crippen LogP contribution is 2.31. The number of para-hydroxylation sites is 1.